The van der Waals surface area contributed by atoms with Crippen molar-refractivity contribution in [1.82, 2.24) is 5.32 Å². The van der Waals surface area contributed by atoms with Crippen LogP contribution in [-0.2, 0) is 11.2 Å². The van der Waals surface area contributed by atoms with Gasteiger partial charge in [-0.05, 0) is 68.7 Å². The number of aromatic hydroxyl groups is 1. The van der Waals surface area contributed by atoms with Crippen LogP contribution in [0.5, 0.6) is 5.75 Å². The highest BCUT2D eigenvalue weighted by atomic mass is 32.1. The monoisotopic (exact) mass is 471 g/mol. The maximum atomic E-state index is 12.9. The molecule has 1 atom stereocenters. The molecular weight excluding hydrogens is 442 g/mol. The smallest absolute Gasteiger partial charge is 0.410 e. The lowest BCUT2D eigenvalue weighted by atomic mass is 10.00. The molecule has 1 amide bonds. The number of ether oxygens (including phenoxy) is 1. The van der Waals surface area contributed by atoms with Gasteiger partial charge in [-0.3, -0.25) is 10.1 Å². The van der Waals surface area contributed by atoms with Crippen LogP contribution in [0.2, 0.25) is 0 Å². The largest absolute Gasteiger partial charge is 0.507 e. The van der Waals surface area contributed by atoms with Crippen LogP contribution in [0.1, 0.15) is 71.3 Å². The summed E-state index contributed by atoms with van der Waals surface area (Å²) in [7, 11) is 1.28. The summed E-state index contributed by atoms with van der Waals surface area (Å²) in [6.07, 6.45) is 9.26. The average molecular weight is 472 g/mol. The molecule has 1 unspecified atom stereocenters. The van der Waals surface area contributed by atoms with Crippen molar-refractivity contribution >= 4 is 29.3 Å². The van der Waals surface area contributed by atoms with Crippen molar-refractivity contribution in [2.75, 3.05) is 7.11 Å². The topological polar surface area (TPSA) is 106 Å². The van der Waals surface area contributed by atoms with E-state index in [1.807, 2.05) is 13.0 Å². The quantitative estimate of drug-likeness (QED) is 0.355. The lowest BCUT2D eigenvalue weighted by Gasteiger charge is -2.11. The zero-order valence-electron chi connectivity index (χ0n) is 19.1. The van der Waals surface area contributed by atoms with E-state index in [1.54, 1.807) is 30.4 Å². The molecule has 2 aromatic heterocycles. The standard InChI is InChI=1S/C25H29NO6S/c1-15(6-4-5-11-26-25(30)31-3)21-14-20(27)22(24(29)32-21)23(28)16(2)12-18-9-10-19(33-18)13-17-7-8-17/h5,9-12,14-15,17,27H,4,6-8,13H2,1-3H3,(H,26,30)/b11-5+,16-12?. The van der Waals surface area contributed by atoms with Crippen molar-refractivity contribution in [2.24, 2.45) is 5.92 Å². The minimum absolute atomic E-state index is 0.178. The van der Waals surface area contributed by atoms with Gasteiger partial charge in [-0.1, -0.05) is 13.0 Å². The molecule has 2 heterocycles. The van der Waals surface area contributed by atoms with Crippen LogP contribution in [0, 0.1) is 5.92 Å². The van der Waals surface area contributed by atoms with Gasteiger partial charge in [0.05, 0.1) is 7.11 Å². The summed E-state index contributed by atoms with van der Waals surface area (Å²) in [6, 6.07) is 5.39. The number of ketones is 1. The predicted octanol–water partition coefficient (Wildman–Crippen LogP) is 5.40. The minimum atomic E-state index is -0.849. The number of hydrogen-bond acceptors (Lipinski definition) is 7. The summed E-state index contributed by atoms with van der Waals surface area (Å²) >= 11 is 1.64. The van der Waals surface area contributed by atoms with E-state index in [2.05, 4.69) is 16.1 Å². The number of hydrogen-bond donors (Lipinski definition) is 2. The van der Waals surface area contributed by atoms with Gasteiger partial charge in [0.25, 0.3) is 0 Å². The second-order valence-corrected chi connectivity index (χ2v) is 9.52. The Bertz CT molecular complexity index is 1120. The molecule has 1 aliphatic rings. The Morgan fingerprint density at radius 2 is 2.12 bits per heavy atom. The zero-order chi connectivity index (χ0) is 24.0. The molecule has 1 saturated carbocycles. The first-order valence-corrected chi connectivity index (χ1v) is 11.8. The van der Waals surface area contributed by atoms with Crippen LogP contribution >= 0.6 is 11.3 Å². The van der Waals surface area contributed by atoms with Crippen molar-refractivity contribution in [3.8, 4) is 5.75 Å². The number of methoxy groups -OCH3 is 1. The second kappa shape index (κ2) is 11.1. The highest BCUT2D eigenvalue weighted by molar-refractivity contribution is 7.12. The van der Waals surface area contributed by atoms with Crippen LogP contribution in [0.4, 0.5) is 4.79 Å². The summed E-state index contributed by atoms with van der Waals surface area (Å²) in [4.78, 5) is 38.6. The van der Waals surface area contributed by atoms with Crippen LogP contribution in [-0.4, -0.2) is 24.1 Å². The lowest BCUT2D eigenvalue weighted by molar-refractivity contribution is 0.102. The van der Waals surface area contributed by atoms with Crippen LogP contribution in [0.25, 0.3) is 6.08 Å². The Hall–Kier alpha value is -3.13. The van der Waals surface area contributed by atoms with E-state index in [1.165, 1.54) is 37.1 Å². The first kappa shape index (κ1) is 24.5. The van der Waals surface area contributed by atoms with Crippen molar-refractivity contribution in [1.29, 1.82) is 0 Å². The maximum Gasteiger partial charge on any atom is 0.410 e. The number of amides is 1. The van der Waals surface area contributed by atoms with Gasteiger partial charge in [-0.25, -0.2) is 9.59 Å². The lowest BCUT2D eigenvalue weighted by Crippen LogP contribution is -2.16. The van der Waals surface area contributed by atoms with Gasteiger partial charge in [-0.2, -0.15) is 0 Å². The number of carbonyl (C=O) groups excluding carboxylic acids is 2. The van der Waals surface area contributed by atoms with E-state index in [0.717, 1.165) is 17.2 Å². The van der Waals surface area contributed by atoms with E-state index in [0.29, 0.717) is 24.2 Å². The molecule has 8 heteroatoms. The predicted molar refractivity (Wildman–Crippen MR) is 128 cm³/mol. The molecule has 0 radical (unpaired) electrons. The second-order valence-electron chi connectivity index (χ2n) is 8.32. The Kier molecular flexibility index (Phi) is 8.27. The highest BCUT2D eigenvalue weighted by Gasteiger charge is 2.23. The van der Waals surface area contributed by atoms with Crippen molar-refractivity contribution in [2.45, 2.75) is 51.9 Å². The molecule has 0 bridgehead atoms. The van der Waals surface area contributed by atoms with Gasteiger partial charge in [0.15, 0.2) is 5.78 Å². The number of allylic oxidation sites excluding steroid dienone is 2. The minimum Gasteiger partial charge on any atom is -0.507 e. The molecule has 0 aromatic carbocycles. The number of rotatable bonds is 10. The average Bonchev–Trinajstić information content (AvgIpc) is 3.49. The highest BCUT2D eigenvalue weighted by Crippen LogP contribution is 2.35. The van der Waals surface area contributed by atoms with Crippen molar-refractivity contribution in [3.05, 3.63) is 67.5 Å². The third kappa shape index (κ3) is 6.92. The molecular formula is C25H29NO6S. The zero-order valence-corrected chi connectivity index (χ0v) is 19.9. The van der Waals surface area contributed by atoms with E-state index >= 15 is 0 Å². The van der Waals surface area contributed by atoms with Crippen molar-refractivity contribution in [3.63, 3.8) is 0 Å². The van der Waals surface area contributed by atoms with Gasteiger partial charge in [0.2, 0.25) is 0 Å². The summed E-state index contributed by atoms with van der Waals surface area (Å²) in [5, 5.41) is 12.9. The summed E-state index contributed by atoms with van der Waals surface area (Å²) in [5.74, 6) is -0.0156. The Labute approximate surface area is 196 Å². The Morgan fingerprint density at radius 3 is 2.79 bits per heavy atom. The van der Waals surface area contributed by atoms with E-state index in [-0.39, 0.29) is 17.2 Å². The molecule has 176 valence electrons. The molecule has 3 rings (SSSR count). The molecule has 7 nitrogen and oxygen atoms in total. The first-order valence-electron chi connectivity index (χ1n) is 11.0. The fourth-order valence-electron chi connectivity index (χ4n) is 3.37. The number of thiophene rings is 1. The third-order valence-corrected chi connectivity index (χ3v) is 6.57. The van der Waals surface area contributed by atoms with Gasteiger partial charge in [0.1, 0.15) is 17.1 Å². The van der Waals surface area contributed by atoms with Crippen LogP contribution < -0.4 is 10.9 Å². The molecule has 1 aliphatic carbocycles. The molecule has 0 aliphatic heterocycles. The third-order valence-electron chi connectivity index (χ3n) is 5.52. The fourth-order valence-corrected chi connectivity index (χ4v) is 4.50. The van der Waals surface area contributed by atoms with E-state index < -0.39 is 17.5 Å². The molecule has 33 heavy (non-hydrogen) atoms. The summed E-state index contributed by atoms with van der Waals surface area (Å²) < 4.78 is 9.83. The van der Waals surface area contributed by atoms with Gasteiger partial charge in [0, 0.05) is 27.9 Å². The normalized spacial score (nSPS) is 14.9. The fraction of sp³-hybridized carbons (Fsp3) is 0.400. The maximum absolute atomic E-state index is 12.9. The van der Waals surface area contributed by atoms with Gasteiger partial charge in [-0.15, -0.1) is 11.3 Å². The van der Waals surface area contributed by atoms with Crippen LogP contribution in [0.3, 0.4) is 0 Å². The Balaban J connectivity index is 1.65. The molecule has 0 spiro atoms. The van der Waals surface area contributed by atoms with Gasteiger partial charge < -0.3 is 14.3 Å². The summed E-state index contributed by atoms with van der Waals surface area (Å²) in [5.41, 5.74) is -0.837. The molecule has 1 fully saturated rings. The number of carbonyl (C=O) groups is 2. The number of nitrogens with one attached hydrogen (secondary N) is 1. The SMILES string of the molecule is COC(=O)N/C=C/CCC(C)c1cc(O)c(C(=O)C(C)=Cc2ccc(CC3CC3)s2)c(=O)o1. The Morgan fingerprint density at radius 1 is 1.36 bits per heavy atom. The van der Waals surface area contributed by atoms with E-state index in [9.17, 15) is 19.5 Å². The van der Waals surface area contributed by atoms with Crippen molar-refractivity contribution < 1.29 is 23.8 Å². The molecule has 0 saturated heterocycles. The van der Waals surface area contributed by atoms with Gasteiger partial charge >= 0.3 is 11.7 Å². The van der Waals surface area contributed by atoms with E-state index in [4.69, 9.17) is 4.42 Å². The molecule has 2 aromatic rings. The number of alkyl carbamates (subject to hydrolysis) is 1. The summed E-state index contributed by atoms with van der Waals surface area (Å²) in [6.45, 7) is 3.48. The van der Waals surface area contributed by atoms with Crippen LogP contribution in [0.15, 0.2) is 45.3 Å². The molecule has 2 N–H and O–H groups in total. The number of Topliss-reactive ketones (excluding diaryl/α,β-unsaturated/α-hetero) is 1. The first-order chi connectivity index (χ1) is 15.8.